The van der Waals surface area contributed by atoms with Crippen LogP contribution in [0.15, 0.2) is 122 Å². The first-order chi connectivity index (χ1) is 22.5. The van der Waals surface area contributed by atoms with E-state index in [2.05, 4.69) is 173 Å². The van der Waals surface area contributed by atoms with E-state index >= 15 is 0 Å². The molecular formula is C44H47N3. The Bertz CT molecular complexity index is 2140. The summed E-state index contributed by atoms with van der Waals surface area (Å²) in [5, 5.41) is 18.5. The van der Waals surface area contributed by atoms with E-state index in [-0.39, 0.29) is 11.1 Å². The summed E-state index contributed by atoms with van der Waals surface area (Å²) < 4.78 is 0. The van der Waals surface area contributed by atoms with E-state index in [4.69, 9.17) is 6.58 Å². The SMILES string of the molecule is C=C(Nc1cc(C)cc(NC(C)(C)CC)c1)c1ccc(C(=C)C(C)(CC)Nc2ccc3cc4ccccc4cc3c2)c2ccccc12. The van der Waals surface area contributed by atoms with Crippen LogP contribution in [-0.2, 0) is 0 Å². The monoisotopic (exact) mass is 617 g/mol. The molecule has 6 rings (SSSR count). The van der Waals surface area contributed by atoms with Crippen LogP contribution >= 0.6 is 0 Å². The van der Waals surface area contributed by atoms with Crippen LogP contribution in [-0.4, -0.2) is 11.1 Å². The Morgan fingerprint density at radius 3 is 1.85 bits per heavy atom. The van der Waals surface area contributed by atoms with E-state index in [0.29, 0.717) is 0 Å². The largest absolute Gasteiger partial charge is 0.380 e. The van der Waals surface area contributed by atoms with Gasteiger partial charge in [0.1, 0.15) is 0 Å². The maximum absolute atomic E-state index is 4.71. The molecule has 6 aromatic rings. The second kappa shape index (κ2) is 12.6. The lowest BCUT2D eigenvalue weighted by molar-refractivity contribution is 0.547. The van der Waals surface area contributed by atoms with Crippen molar-refractivity contribution < 1.29 is 0 Å². The molecule has 3 heteroatoms. The predicted molar refractivity (Wildman–Crippen MR) is 209 cm³/mol. The quantitative estimate of drug-likeness (QED) is 0.127. The van der Waals surface area contributed by atoms with Crippen LogP contribution in [0, 0.1) is 6.92 Å². The Morgan fingerprint density at radius 2 is 1.17 bits per heavy atom. The highest BCUT2D eigenvalue weighted by Gasteiger charge is 2.28. The number of fused-ring (bicyclic) bond motifs is 3. The zero-order chi connectivity index (χ0) is 33.3. The molecule has 0 aromatic heterocycles. The predicted octanol–water partition coefficient (Wildman–Crippen LogP) is 12.4. The lowest BCUT2D eigenvalue weighted by Gasteiger charge is -2.34. The summed E-state index contributed by atoms with van der Waals surface area (Å²) in [5.74, 6) is 0. The summed E-state index contributed by atoms with van der Waals surface area (Å²) in [6.07, 6.45) is 1.91. The van der Waals surface area contributed by atoms with Gasteiger partial charge in [0.15, 0.2) is 0 Å². The molecule has 1 atom stereocenters. The highest BCUT2D eigenvalue weighted by Crippen LogP contribution is 2.39. The number of hydrogen-bond donors (Lipinski definition) is 3. The lowest BCUT2D eigenvalue weighted by Crippen LogP contribution is -2.35. The minimum Gasteiger partial charge on any atom is -0.380 e. The number of anilines is 3. The van der Waals surface area contributed by atoms with Crippen molar-refractivity contribution in [3.8, 4) is 0 Å². The molecule has 0 aliphatic heterocycles. The smallest absolute Gasteiger partial charge is 0.0594 e. The van der Waals surface area contributed by atoms with Gasteiger partial charge in [0, 0.05) is 33.9 Å². The number of hydrogen-bond acceptors (Lipinski definition) is 3. The van der Waals surface area contributed by atoms with Gasteiger partial charge in [0.2, 0.25) is 0 Å². The minimum absolute atomic E-state index is 0.0154. The topological polar surface area (TPSA) is 36.1 Å². The van der Waals surface area contributed by atoms with Crippen molar-refractivity contribution in [3.05, 3.63) is 139 Å². The van der Waals surface area contributed by atoms with E-state index in [9.17, 15) is 0 Å². The van der Waals surface area contributed by atoms with Gasteiger partial charge in [0.05, 0.1) is 5.54 Å². The molecule has 0 fully saturated rings. The zero-order valence-electron chi connectivity index (χ0n) is 28.7. The molecule has 3 nitrogen and oxygen atoms in total. The van der Waals surface area contributed by atoms with Gasteiger partial charge in [-0.3, -0.25) is 0 Å². The molecule has 1 unspecified atom stereocenters. The number of nitrogens with one attached hydrogen (secondary N) is 3. The van der Waals surface area contributed by atoms with Crippen molar-refractivity contribution in [2.75, 3.05) is 16.0 Å². The minimum atomic E-state index is -0.360. The first-order valence-corrected chi connectivity index (χ1v) is 16.8. The molecule has 3 N–H and O–H groups in total. The van der Waals surface area contributed by atoms with Crippen LogP contribution in [0.25, 0.3) is 43.6 Å². The summed E-state index contributed by atoms with van der Waals surface area (Å²) in [6, 6.07) is 39.3. The lowest BCUT2D eigenvalue weighted by atomic mass is 9.82. The second-order valence-electron chi connectivity index (χ2n) is 13.8. The third-order valence-corrected chi connectivity index (χ3v) is 9.81. The van der Waals surface area contributed by atoms with Crippen molar-refractivity contribution in [2.24, 2.45) is 0 Å². The molecule has 0 heterocycles. The average molecular weight is 618 g/mol. The van der Waals surface area contributed by atoms with E-state index in [1.165, 1.54) is 32.5 Å². The Morgan fingerprint density at radius 1 is 0.574 bits per heavy atom. The molecule has 0 aliphatic rings. The van der Waals surface area contributed by atoms with Crippen molar-refractivity contribution >= 4 is 60.6 Å². The highest BCUT2D eigenvalue weighted by molar-refractivity contribution is 6.03. The normalized spacial score (nSPS) is 13.0. The molecule has 0 radical (unpaired) electrons. The molecule has 0 aliphatic carbocycles. The van der Waals surface area contributed by atoms with E-state index in [1.807, 2.05) is 0 Å². The van der Waals surface area contributed by atoms with Crippen molar-refractivity contribution in [3.63, 3.8) is 0 Å². The second-order valence-corrected chi connectivity index (χ2v) is 13.8. The first-order valence-electron chi connectivity index (χ1n) is 16.8. The Hall–Kier alpha value is -5.02. The fraction of sp³-hybridized carbons (Fsp3) is 0.227. The Balaban J connectivity index is 1.29. The van der Waals surface area contributed by atoms with Crippen LogP contribution in [0.3, 0.4) is 0 Å². The Labute approximate surface area is 280 Å². The number of rotatable bonds is 11. The van der Waals surface area contributed by atoms with Crippen LogP contribution < -0.4 is 16.0 Å². The molecular weight excluding hydrogens is 571 g/mol. The third-order valence-electron chi connectivity index (χ3n) is 9.81. The molecule has 0 amide bonds. The molecule has 0 saturated carbocycles. The van der Waals surface area contributed by atoms with Gasteiger partial charge in [-0.15, -0.1) is 0 Å². The molecule has 0 spiro atoms. The molecule has 0 saturated heterocycles. The zero-order valence-corrected chi connectivity index (χ0v) is 28.7. The van der Waals surface area contributed by atoms with E-state index in [1.54, 1.807) is 0 Å². The van der Waals surface area contributed by atoms with Crippen LogP contribution in [0.1, 0.15) is 64.2 Å². The molecule has 238 valence electrons. The average Bonchev–Trinajstić information content (AvgIpc) is 3.05. The summed E-state index contributed by atoms with van der Waals surface area (Å²) >= 11 is 0. The van der Waals surface area contributed by atoms with Gasteiger partial charge < -0.3 is 16.0 Å². The van der Waals surface area contributed by atoms with Gasteiger partial charge in [0.25, 0.3) is 0 Å². The van der Waals surface area contributed by atoms with E-state index in [0.717, 1.165) is 57.7 Å². The summed E-state index contributed by atoms with van der Waals surface area (Å²) in [5.41, 5.74) is 8.22. The van der Waals surface area contributed by atoms with Gasteiger partial charge in [-0.1, -0.05) is 93.7 Å². The van der Waals surface area contributed by atoms with Crippen LogP contribution in [0.5, 0.6) is 0 Å². The number of aryl methyl sites for hydroxylation is 1. The fourth-order valence-electron chi connectivity index (χ4n) is 6.48. The highest BCUT2D eigenvalue weighted by atomic mass is 15.0. The van der Waals surface area contributed by atoms with Crippen molar-refractivity contribution in [2.45, 2.75) is 65.5 Å². The van der Waals surface area contributed by atoms with Gasteiger partial charge >= 0.3 is 0 Å². The molecule has 0 bridgehead atoms. The van der Waals surface area contributed by atoms with Gasteiger partial charge in [-0.05, 0) is 132 Å². The maximum atomic E-state index is 4.71. The first kappa shape index (κ1) is 31.9. The van der Waals surface area contributed by atoms with Crippen molar-refractivity contribution in [1.29, 1.82) is 0 Å². The maximum Gasteiger partial charge on any atom is 0.0594 e. The Kier molecular flexibility index (Phi) is 8.59. The molecule has 6 aromatic carbocycles. The standard InChI is InChI=1S/C44H47N3/c1-9-43(6,7)46-38-24-29(3)23-37(28-38)45-31(5)40-22-21-39(41-17-13-14-18-42(40)41)30(4)44(8,10-2)47-36-20-19-34-25-32-15-11-12-16-33(32)26-35(34)27-36/h11-28,45-47H,4-5,9-10H2,1-3,6-8H3. The fourth-order valence-corrected chi connectivity index (χ4v) is 6.48. The van der Waals surface area contributed by atoms with Gasteiger partial charge in [-0.25, -0.2) is 0 Å². The summed E-state index contributed by atoms with van der Waals surface area (Å²) in [4.78, 5) is 0. The van der Waals surface area contributed by atoms with Gasteiger partial charge in [-0.2, -0.15) is 0 Å². The summed E-state index contributed by atoms with van der Waals surface area (Å²) in [7, 11) is 0. The number of benzene rings is 6. The van der Waals surface area contributed by atoms with Crippen molar-refractivity contribution in [1.82, 2.24) is 0 Å². The summed E-state index contributed by atoms with van der Waals surface area (Å²) in [6.45, 7) is 22.5. The van der Waals surface area contributed by atoms with Crippen LogP contribution in [0.4, 0.5) is 17.1 Å². The van der Waals surface area contributed by atoms with E-state index < -0.39 is 0 Å². The third kappa shape index (κ3) is 6.62. The van der Waals surface area contributed by atoms with Crippen LogP contribution in [0.2, 0.25) is 0 Å². The molecule has 47 heavy (non-hydrogen) atoms.